The van der Waals surface area contributed by atoms with Gasteiger partial charge in [0.1, 0.15) is 15.2 Å². The molecule has 0 spiro atoms. The summed E-state index contributed by atoms with van der Waals surface area (Å²) in [4.78, 5) is 0.346. The quantitative estimate of drug-likeness (QED) is 0.888. The first-order valence-corrected chi connectivity index (χ1v) is 7.11. The third-order valence-electron chi connectivity index (χ3n) is 2.55. The number of thiophene rings is 1. The van der Waals surface area contributed by atoms with Gasteiger partial charge in [0, 0.05) is 7.05 Å². The van der Waals surface area contributed by atoms with Gasteiger partial charge in [-0.1, -0.05) is 0 Å². The molecule has 0 aliphatic rings. The summed E-state index contributed by atoms with van der Waals surface area (Å²) in [5.41, 5.74) is -0.879. The molecule has 0 aliphatic heterocycles. The van der Waals surface area contributed by atoms with Gasteiger partial charge in [-0.15, -0.1) is 11.3 Å². The SMILES string of the molecule is CN(C(C)(C)CO)S(=O)(=O)c1ccc(C#N)s1. The first kappa shape index (κ1) is 14.1. The third-order valence-corrected chi connectivity index (χ3v) is 6.07. The summed E-state index contributed by atoms with van der Waals surface area (Å²) < 4.78 is 25.6. The van der Waals surface area contributed by atoms with Crippen LogP contribution in [0.1, 0.15) is 18.7 Å². The Hall–Kier alpha value is -0.940. The average Bonchev–Trinajstić information content (AvgIpc) is 2.77. The van der Waals surface area contributed by atoms with Gasteiger partial charge in [0.25, 0.3) is 10.0 Å². The van der Waals surface area contributed by atoms with E-state index in [1.807, 2.05) is 6.07 Å². The van der Waals surface area contributed by atoms with Crippen LogP contribution in [0, 0.1) is 11.3 Å². The number of nitriles is 1. The van der Waals surface area contributed by atoms with E-state index in [0.29, 0.717) is 4.88 Å². The maximum atomic E-state index is 12.2. The Morgan fingerprint density at radius 2 is 2.12 bits per heavy atom. The van der Waals surface area contributed by atoms with Crippen molar-refractivity contribution in [3.8, 4) is 6.07 Å². The van der Waals surface area contributed by atoms with Crippen LogP contribution in [0.25, 0.3) is 0 Å². The zero-order valence-corrected chi connectivity index (χ0v) is 11.5. The second kappa shape index (κ2) is 4.74. The van der Waals surface area contributed by atoms with E-state index >= 15 is 0 Å². The van der Waals surface area contributed by atoms with Crippen LogP contribution < -0.4 is 0 Å². The number of aliphatic hydroxyl groups is 1. The number of hydrogen-bond acceptors (Lipinski definition) is 5. The van der Waals surface area contributed by atoms with Gasteiger partial charge in [-0.3, -0.25) is 0 Å². The molecular weight excluding hydrogens is 260 g/mol. The second-order valence-electron chi connectivity index (χ2n) is 4.17. The molecule has 17 heavy (non-hydrogen) atoms. The Bertz CT molecular complexity index is 540. The van der Waals surface area contributed by atoms with E-state index < -0.39 is 15.6 Å². The maximum absolute atomic E-state index is 12.2. The van der Waals surface area contributed by atoms with Gasteiger partial charge in [0.05, 0.1) is 12.1 Å². The first-order chi connectivity index (χ1) is 7.75. The predicted molar refractivity (Wildman–Crippen MR) is 65.1 cm³/mol. The monoisotopic (exact) mass is 274 g/mol. The summed E-state index contributed by atoms with van der Waals surface area (Å²) in [6.45, 7) is 2.98. The molecule has 1 heterocycles. The number of aliphatic hydroxyl groups excluding tert-OH is 1. The highest BCUT2D eigenvalue weighted by Gasteiger charge is 2.34. The van der Waals surface area contributed by atoms with Crippen molar-refractivity contribution in [2.24, 2.45) is 0 Å². The predicted octanol–water partition coefficient (Wildman–Crippen LogP) is 1.01. The van der Waals surface area contributed by atoms with Crippen LogP contribution in [0.3, 0.4) is 0 Å². The van der Waals surface area contributed by atoms with Gasteiger partial charge in [-0.25, -0.2) is 8.42 Å². The van der Waals surface area contributed by atoms with Gasteiger partial charge in [0.2, 0.25) is 0 Å². The molecule has 0 radical (unpaired) electrons. The maximum Gasteiger partial charge on any atom is 0.252 e. The van der Waals surface area contributed by atoms with E-state index in [1.165, 1.54) is 19.2 Å². The lowest BCUT2D eigenvalue weighted by molar-refractivity contribution is 0.138. The van der Waals surface area contributed by atoms with E-state index in [9.17, 15) is 13.5 Å². The Morgan fingerprint density at radius 1 is 1.53 bits per heavy atom. The minimum Gasteiger partial charge on any atom is -0.394 e. The van der Waals surface area contributed by atoms with Crippen molar-refractivity contribution >= 4 is 21.4 Å². The molecule has 1 N–H and O–H groups in total. The van der Waals surface area contributed by atoms with Gasteiger partial charge < -0.3 is 5.11 Å². The van der Waals surface area contributed by atoms with E-state index in [2.05, 4.69) is 0 Å². The molecule has 1 rings (SSSR count). The molecule has 0 aliphatic carbocycles. The van der Waals surface area contributed by atoms with Crippen molar-refractivity contribution in [2.45, 2.75) is 23.6 Å². The number of sulfonamides is 1. The smallest absolute Gasteiger partial charge is 0.252 e. The summed E-state index contributed by atoms with van der Waals surface area (Å²) in [6.07, 6.45) is 0. The van der Waals surface area contributed by atoms with E-state index in [1.54, 1.807) is 13.8 Å². The third kappa shape index (κ3) is 2.66. The minimum atomic E-state index is -3.66. The lowest BCUT2D eigenvalue weighted by Gasteiger charge is -2.32. The molecule has 0 saturated heterocycles. The van der Waals surface area contributed by atoms with E-state index in [-0.39, 0.29) is 10.8 Å². The molecule has 0 fully saturated rings. The van der Waals surface area contributed by atoms with Crippen molar-refractivity contribution in [1.82, 2.24) is 4.31 Å². The summed E-state index contributed by atoms with van der Waals surface area (Å²) in [7, 11) is -2.24. The zero-order chi connectivity index (χ0) is 13.3. The molecule has 0 atom stereocenters. The summed E-state index contributed by atoms with van der Waals surface area (Å²) in [6, 6.07) is 4.77. The molecule has 5 nitrogen and oxygen atoms in total. The van der Waals surface area contributed by atoms with Crippen molar-refractivity contribution < 1.29 is 13.5 Å². The Labute approximate surface area is 105 Å². The second-order valence-corrected chi connectivity index (χ2v) is 7.45. The topological polar surface area (TPSA) is 81.4 Å². The molecule has 0 bridgehead atoms. The first-order valence-electron chi connectivity index (χ1n) is 4.85. The molecule has 0 amide bonds. The molecule has 94 valence electrons. The average molecular weight is 274 g/mol. The highest BCUT2D eigenvalue weighted by molar-refractivity contribution is 7.91. The fourth-order valence-corrected chi connectivity index (χ4v) is 3.86. The molecule has 0 saturated carbocycles. The van der Waals surface area contributed by atoms with Crippen LogP contribution in [0.15, 0.2) is 16.3 Å². The molecule has 7 heteroatoms. The van der Waals surface area contributed by atoms with E-state index in [0.717, 1.165) is 15.6 Å². The largest absolute Gasteiger partial charge is 0.394 e. The minimum absolute atomic E-state index is 0.109. The highest BCUT2D eigenvalue weighted by Crippen LogP contribution is 2.27. The van der Waals surface area contributed by atoms with Crippen LogP contribution >= 0.6 is 11.3 Å². The molecule has 0 unspecified atom stereocenters. The zero-order valence-electron chi connectivity index (χ0n) is 9.84. The Morgan fingerprint density at radius 3 is 2.53 bits per heavy atom. The Kier molecular flexibility index (Phi) is 3.94. The summed E-state index contributed by atoms with van der Waals surface area (Å²) in [5, 5.41) is 17.8. The lowest BCUT2D eigenvalue weighted by Crippen LogP contribution is -2.47. The number of rotatable bonds is 4. The summed E-state index contributed by atoms with van der Waals surface area (Å²) in [5.74, 6) is 0. The van der Waals surface area contributed by atoms with Crippen LogP contribution in [-0.2, 0) is 10.0 Å². The number of nitrogens with zero attached hydrogens (tertiary/aromatic N) is 2. The molecular formula is C10H14N2O3S2. The van der Waals surface area contributed by atoms with Crippen molar-refractivity contribution in [1.29, 1.82) is 5.26 Å². The number of likely N-dealkylation sites (N-methyl/N-ethyl adjacent to an activating group) is 1. The van der Waals surface area contributed by atoms with Crippen LogP contribution in [-0.4, -0.2) is 37.0 Å². The Balaban J connectivity index is 3.17. The highest BCUT2D eigenvalue weighted by atomic mass is 32.2. The molecule has 1 aromatic rings. The van der Waals surface area contributed by atoms with Crippen LogP contribution in [0.4, 0.5) is 0 Å². The lowest BCUT2D eigenvalue weighted by atomic mass is 10.1. The van der Waals surface area contributed by atoms with E-state index in [4.69, 9.17) is 5.26 Å². The standard InChI is InChI=1S/C10H14N2O3S2/c1-10(2,7-13)12(3)17(14,15)9-5-4-8(6-11)16-9/h4-5,13H,7H2,1-3H3. The molecule has 0 aromatic carbocycles. The van der Waals surface area contributed by atoms with Crippen molar-refractivity contribution in [3.05, 3.63) is 17.0 Å². The van der Waals surface area contributed by atoms with Gasteiger partial charge >= 0.3 is 0 Å². The normalized spacial score (nSPS) is 12.7. The van der Waals surface area contributed by atoms with Crippen molar-refractivity contribution in [2.75, 3.05) is 13.7 Å². The fourth-order valence-electron chi connectivity index (χ4n) is 1.08. The van der Waals surface area contributed by atoms with Gasteiger partial charge in [-0.05, 0) is 26.0 Å². The van der Waals surface area contributed by atoms with Crippen LogP contribution in [0.5, 0.6) is 0 Å². The molecule has 1 aromatic heterocycles. The van der Waals surface area contributed by atoms with Crippen LogP contribution in [0.2, 0.25) is 0 Å². The van der Waals surface area contributed by atoms with Crippen molar-refractivity contribution in [3.63, 3.8) is 0 Å². The van der Waals surface area contributed by atoms with Gasteiger partial charge in [0.15, 0.2) is 0 Å². The number of hydrogen-bond donors (Lipinski definition) is 1. The van der Waals surface area contributed by atoms with Gasteiger partial charge in [-0.2, -0.15) is 9.57 Å². The fraction of sp³-hybridized carbons (Fsp3) is 0.500. The summed E-state index contributed by atoms with van der Waals surface area (Å²) >= 11 is 0.922.